The van der Waals surface area contributed by atoms with Crippen molar-refractivity contribution in [1.82, 2.24) is 4.90 Å². The van der Waals surface area contributed by atoms with Crippen molar-refractivity contribution in [2.24, 2.45) is 17.6 Å². The molecule has 132 valence electrons. The average Bonchev–Trinajstić information content (AvgIpc) is 3.33. The van der Waals surface area contributed by atoms with Crippen LogP contribution in [0, 0.1) is 18.8 Å². The Kier molecular flexibility index (Phi) is 4.13. The maximum Gasteiger partial charge on any atom is 0.291 e. The van der Waals surface area contributed by atoms with Gasteiger partial charge in [-0.3, -0.25) is 9.59 Å². The highest BCUT2D eigenvalue weighted by atomic mass is 32.1. The van der Waals surface area contributed by atoms with Crippen molar-refractivity contribution in [3.05, 3.63) is 40.7 Å². The van der Waals surface area contributed by atoms with Crippen LogP contribution in [0.1, 0.15) is 38.6 Å². The number of hydrogen-bond acceptors (Lipinski definition) is 5. The van der Waals surface area contributed by atoms with E-state index in [4.69, 9.17) is 10.2 Å². The van der Waals surface area contributed by atoms with Crippen LogP contribution >= 0.6 is 11.3 Å². The number of aryl methyl sites for hydroxylation is 1. The molecule has 3 N–H and O–H groups in total. The molecule has 3 heterocycles. The van der Waals surface area contributed by atoms with Gasteiger partial charge in [0, 0.05) is 19.1 Å². The monoisotopic (exact) mass is 359 g/mol. The first-order valence-electron chi connectivity index (χ1n) is 8.53. The first-order valence-corrected chi connectivity index (χ1v) is 9.34. The van der Waals surface area contributed by atoms with Crippen molar-refractivity contribution in [3.63, 3.8) is 0 Å². The number of hydrogen-bond donors (Lipinski definition) is 2. The molecule has 2 amide bonds. The molecule has 0 radical (unpaired) electrons. The van der Waals surface area contributed by atoms with Crippen molar-refractivity contribution < 1.29 is 14.0 Å². The number of carbonyl (C=O) groups excluding carboxylic acids is 2. The van der Waals surface area contributed by atoms with Crippen LogP contribution in [-0.2, 0) is 0 Å². The predicted molar refractivity (Wildman–Crippen MR) is 95.8 cm³/mol. The summed E-state index contributed by atoms with van der Waals surface area (Å²) < 4.78 is 5.09. The van der Waals surface area contributed by atoms with Gasteiger partial charge in [-0.25, -0.2) is 0 Å². The van der Waals surface area contributed by atoms with Gasteiger partial charge in [0.2, 0.25) is 0 Å². The van der Waals surface area contributed by atoms with Crippen molar-refractivity contribution in [2.75, 3.05) is 18.4 Å². The fourth-order valence-corrected chi connectivity index (χ4v) is 4.99. The molecule has 0 bridgehead atoms. The molecule has 1 saturated carbocycles. The van der Waals surface area contributed by atoms with E-state index in [0.29, 0.717) is 21.7 Å². The Morgan fingerprint density at radius 3 is 2.92 bits per heavy atom. The van der Waals surface area contributed by atoms with Crippen LogP contribution in [0.15, 0.2) is 28.9 Å². The highest BCUT2D eigenvalue weighted by Gasteiger charge is 2.43. The van der Waals surface area contributed by atoms with Crippen LogP contribution in [-0.4, -0.2) is 35.8 Å². The molecule has 4 rings (SSSR count). The lowest BCUT2D eigenvalue weighted by Gasteiger charge is -2.18. The Hall–Kier alpha value is -2.12. The third kappa shape index (κ3) is 2.98. The lowest BCUT2D eigenvalue weighted by molar-refractivity contribution is 0.0783. The third-order valence-corrected chi connectivity index (χ3v) is 6.43. The molecule has 7 heteroatoms. The van der Waals surface area contributed by atoms with Gasteiger partial charge >= 0.3 is 0 Å². The predicted octanol–water partition coefficient (Wildman–Crippen LogP) is 2.71. The Morgan fingerprint density at radius 1 is 1.36 bits per heavy atom. The second kappa shape index (κ2) is 6.31. The lowest BCUT2D eigenvalue weighted by atomic mass is 9.98. The molecule has 2 aliphatic rings. The zero-order valence-corrected chi connectivity index (χ0v) is 14.8. The second-order valence-electron chi connectivity index (χ2n) is 6.93. The molecule has 1 saturated heterocycles. The fourth-order valence-electron chi connectivity index (χ4n) is 3.95. The minimum atomic E-state index is -0.313. The summed E-state index contributed by atoms with van der Waals surface area (Å²) in [4.78, 5) is 27.6. The summed E-state index contributed by atoms with van der Waals surface area (Å²) in [7, 11) is 0. The molecule has 0 spiro atoms. The Labute approximate surface area is 150 Å². The lowest BCUT2D eigenvalue weighted by Crippen LogP contribution is -2.33. The molecular formula is C18H21N3O3S. The van der Waals surface area contributed by atoms with E-state index in [-0.39, 0.29) is 23.6 Å². The highest BCUT2D eigenvalue weighted by molar-refractivity contribution is 7.18. The van der Waals surface area contributed by atoms with Gasteiger partial charge < -0.3 is 20.4 Å². The quantitative estimate of drug-likeness (QED) is 0.882. The number of thiophene rings is 1. The first kappa shape index (κ1) is 16.4. The fraction of sp³-hybridized carbons (Fsp3) is 0.444. The number of amides is 2. The van der Waals surface area contributed by atoms with Gasteiger partial charge in [-0.1, -0.05) is 0 Å². The van der Waals surface area contributed by atoms with Crippen molar-refractivity contribution >= 4 is 28.2 Å². The zero-order chi connectivity index (χ0) is 17.6. The normalized spacial score (nSPS) is 25.2. The van der Waals surface area contributed by atoms with Crippen molar-refractivity contribution in [1.29, 1.82) is 0 Å². The van der Waals surface area contributed by atoms with E-state index in [1.54, 1.807) is 12.1 Å². The van der Waals surface area contributed by atoms with Crippen LogP contribution in [0.2, 0.25) is 0 Å². The molecule has 2 fully saturated rings. The second-order valence-corrected chi connectivity index (χ2v) is 7.98. The summed E-state index contributed by atoms with van der Waals surface area (Å²) >= 11 is 1.31. The molecule has 6 nitrogen and oxygen atoms in total. The van der Waals surface area contributed by atoms with Crippen LogP contribution in [0.5, 0.6) is 0 Å². The number of rotatable bonds is 3. The molecule has 3 unspecified atom stereocenters. The van der Waals surface area contributed by atoms with E-state index in [2.05, 4.69) is 5.32 Å². The number of likely N-dealkylation sites (tertiary alicyclic amines) is 1. The average molecular weight is 359 g/mol. The van der Waals surface area contributed by atoms with Gasteiger partial charge in [0.25, 0.3) is 11.8 Å². The Balaban J connectivity index is 1.47. The van der Waals surface area contributed by atoms with Crippen molar-refractivity contribution in [3.8, 4) is 0 Å². The van der Waals surface area contributed by atoms with Crippen LogP contribution in [0.4, 0.5) is 5.00 Å². The van der Waals surface area contributed by atoms with E-state index >= 15 is 0 Å². The van der Waals surface area contributed by atoms with Gasteiger partial charge in [0.05, 0.1) is 16.1 Å². The Morgan fingerprint density at radius 2 is 2.20 bits per heavy atom. The summed E-state index contributed by atoms with van der Waals surface area (Å²) in [5.74, 6) is 0.953. The smallest absolute Gasteiger partial charge is 0.291 e. The van der Waals surface area contributed by atoms with Crippen LogP contribution in [0.3, 0.4) is 0 Å². The van der Waals surface area contributed by atoms with Gasteiger partial charge in [-0.15, -0.1) is 11.3 Å². The molecule has 2 aromatic rings. The van der Waals surface area contributed by atoms with Crippen LogP contribution < -0.4 is 11.1 Å². The van der Waals surface area contributed by atoms with Crippen molar-refractivity contribution in [2.45, 2.75) is 25.8 Å². The zero-order valence-electron chi connectivity index (χ0n) is 14.0. The molecular weight excluding hydrogens is 338 g/mol. The first-order chi connectivity index (χ1) is 12.0. The maximum absolute atomic E-state index is 12.9. The third-order valence-electron chi connectivity index (χ3n) is 5.29. The molecule has 0 aromatic carbocycles. The van der Waals surface area contributed by atoms with Gasteiger partial charge in [-0.05, 0) is 55.4 Å². The number of nitrogens with zero attached hydrogens (tertiary/aromatic N) is 1. The van der Waals surface area contributed by atoms with E-state index < -0.39 is 0 Å². The SMILES string of the molecule is Cc1cc(NC(=O)c2ccco2)sc1C(=O)N1CC2CCC(N)C2C1. The Bertz CT molecular complexity index is 799. The van der Waals surface area contributed by atoms with E-state index in [1.807, 2.05) is 17.9 Å². The number of anilines is 1. The number of nitrogens with two attached hydrogens (primary N) is 1. The van der Waals surface area contributed by atoms with Crippen LogP contribution in [0.25, 0.3) is 0 Å². The van der Waals surface area contributed by atoms with E-state index in [0.717, 1.165) is 31.5 Å². The topological polar surface area (TPSA) is 88.6 Å². The summed E-state index contributed by atoms with van der Waals surface area (Å²) in [6.07, 6.45) is 3.64. The minimum absolute atomic E-state index is 0.0441. The maximum atomic E-state index is 12.9. The largest absolute Gasteiger partial charge is 0.459 e. The standard InChI is InChI=1S/C18H21N3O3S/c1-10-7-15(20-17(22)14-3-2-6-24-14)25-16(10)18(23)21-8-11-4-5-13(19)12(11)9-21/h2-3,6-7,11-13H,4-5,8-9,19H2,1H3,(H,20,22). The number of furan rings is 1. The number of carbonyl (C=O) groups is 2. The molecule has 3 atom stereocenters. The van der Waals surface area contributed by atoms with Gasteiger partial charge in [0.1, 0.15) is 0 Å². The number of fused-ring (bicyclic) bond motifs is 1. The molecule has 1 aliphatic heterocycles. The molecule has 25 heavy (non-hydrogen) atoms. The molecule has 2 aromatic heterocycles. The molecule has 1 aliphatic carbocycles. The number of nitrogens with one attached hydrogen (secondary N) is 1. The summed E-state index contributed by atoms with van der Waals surface area (Å²) in [5.41, 5.74) is 7.05. The minimum Gasteiger partial charge on any atom is -0.459 e. The van der Waals surface area contributed by atoms with Gasteiger partial charge in [0.15, 0.2) is 5.76 Å². The summed E-state index contributed by atoms with van der Waals surface area (Å²) in [6, 6.07) is 5.32. The van der Waals surface area contributed by atoms with E-state index in [9.17, 15) is 9.59 Å². The highest BCUT2D eigenvalue weighted by Crippen LogP contribution is 2.38. The van der Waals surface area contributed by atoms with Gasteiger partial charge in [-0.2, -0.15) is 0 Å². The van der Waals surface area contributed by atoms with E-state index in [1.165, 1.54) is 17.6 Å². The summed E-state index contributed by atoms with van der Waals surface area (Å²) in [5, 5.41) is 3.44. The summed E-state index contributed by atoms with van der Waals surface area (Å²) in [6.45, 7) is 3.44.